The topological polar surface area (TPSA) is 55.8 Å². The number of likely N-dealkylation sites (tertiary alicyclic amines) is 1. The van der Waals surface area contributed by atoms with E-state index < -0.39 is 17.7 Å². The van der Waals surface area contributed by atoms with Crippen LogP contribution in [0.15, 0.2) is 12.2 Å². The van der Waals surface area contributed by atoms with Gasteiger partial charge in [-0.25, -0.2) is 9.59 Å². The number of fused-ring (bicyclic) bond motifs is 1. The van der Waals surface area contributed by atoms with Gasteiger partial charge in [0.15, 0.2) is 0 Å². The molecule has 1 heterocycles. The van der Waals surface area contributed by atoms with Gasteiger partial charge >= 0.3 is 12.1 Å². The van der Waals surface area contributed by atoms with Gasteiger partial charge in [-0.05, 0) is 52.4 Å². The van der Waals surface area contributed by atoms with E-state index in [2.05, 4.69) is 12.2 Å². The molecule has 0 radical (unpaired) electrons. The predicted octanol–water partition coefficient (Wildman–Crippen LogP) is 2.75. The number of allylic oxidation sites excluding steroid dienone is 2. The maximum Gasteiger partial charge on any atom is 0.411 e. The van der Waals surface area contributed by atoms with Gasteiger partial charge in [0.25, 0.3) is 0 Å². The molecule has 0 saturated carbocycles. The van der Waals surface area contributed by atoms with E-state index in [1.807, 2.05) is 20.8 Å². The monoisotopic (exact) mass is 295 g/mol. The van der Waals surface area contributed by atoms with Crippen molar-refractivity contribution in [3.8, 4) is 0 Å². The Hall–Kier alpha value is -1.52. The van der Waals surface area contributed by atoms with Crippen LogP contribution in [0.4, 0.5) is 4.79 Å². The Labute approximate surface area is 126 Å². The first-order valence-corrected chi connectivity index (χ1v) is 7.64. The Balaban J connectivity index is 2.18. The van der Waals surface area contributed by atoms with Crippen LogP contribution in [0.3, 0.4) is 0 Å². The van der Waals surface area contributed by atoms with Gasteiger partial charge < -0.3 is 9.47 Å². The van der Waals surface area contributed by atoms with Crippen LogP contribution in [0, 0.1) is 11.8 Å². The average Bonchev–Trinajstić information content (AvgIpc) is 2.76. The summed E-state index contributed by atoms with van der Waals surface area (Å²) in [7, 11) is 0. The normalized spacial score (nSPS) is 28.2. The van der Waals surface area contributed by atoms with E-state index >= 15 is 0 Å². The summed E-state index contributed by atoms with van der Waals surface area (Å²) in [4.78, 5) is 26.2. The molecule has 0 aromatic rings. The van der Waals surface area contributed by atoms with Crippen molar-refractivity contribution < 1.29 is 19.1 Å². The van der Waals surface area contributed by atoms with Crippen molar-refractivity contribution in [3.63, 3.8) is 0 Å². The molecule has 1 saturated heterocycles. The summed E-state index contributed by atoms with van der Waals surface area (Å²) >= 11 is 0. The minimum atomic E-state index is -0.567. The van der Waals surface area contributed by atoms with Crippen LogP contribution in [0.5, 0.6) is 0 Å². The molecule has 5 heteroatoms. The molecular formula is C16H25NO4. The fourth-order valence-electron chi connectivity index (χ4n) is 3.12. The number of rotatable bonds is 2. The first-order valence-electron chi connectivity index (χ1n) is 7.64. The molecule has 1 amide bonds. The highest BCUT2D eigenvalue weighted by Crippen LogP contribution is 2.39. The van der Waals surface area contributed by atoms with Crippen molar-refractivity contribution in [2.45, 2.75) is 52.2 Å². The molecular weight excluding hydrogens is 270 g/mol. The van der Waals surface area contributed by atoms with Gasteiger partial charge in [-0.3, -0.25) is 4.90 Å². The first-order chi connectivity index (χ1) is 9.83. The number of hydrogen-bond acceptors (Lipinski definition) is 4. The summed E-state index contributed by atoms with van der Waals surface area (Å²) < 4.78 is 10.6. The second-order valence-corrected chi connectivity index (χ2v) is 6.70. The zero-order valence-electron chi connectivity index (χ0n) is 13.3. The van der Waals surface area contributed by atoms with Crippen LogP contribution < -0.4 is 0 Å². The third kappa shape index (κ3) is 3.57. The van der Waals surface area contributed by atoms with E-state index in [-0.39, 0.29) is 11.9 Å². The molecule has 0 N–H and O–H groups in total. The summed E-state index contributed by atoms with van der Waals surface area (Å²) in [5.41, 5.74) is -0.567. The lowest BCUT2D eigenvalue weighted by molar-refractivity contribution is -0.149. The SMILES string of the molecule is CCOC(=O)C1[C@H]2CC=CCC2CN1C(=O)OC(C)(C)C. The minimum absolute atomic E-state index is 0.140. The van der Waals surface area contributed by atoms with Gasteiger partial charge in [0.1, 0.15) is 11.6 Å². The lowest BCUT2D eigenvalue weighted by atomic mass is 9.82. The lowest BCUT2D eigenvalue weighted by Gasteiger charge is -2.29. The van der Waals surface area contributed by atoms with Crippen LogP contribution in [0.25, 0.3) is 0 Å². The minimum Gasteiger partial charge on any atom is -0.464 e. The maximum atomic E-state index is 12.4. The van der Waals surface area contributed by atoms with Gasteiger partial charge in [0.05, 0.1) is 6.61 Å². The molecule has 1 aliphatic carbocycles. The van der Waals surface area contributed by atoms with Gasteiger partial charge in [-0.1, -0.05) is 12.2 Å². The summed E-state index contributed by atoms with van der Waals surface area (Å²) in [6.45, 7) is 8.15. The Bertz CT molecular complexity index is 438. The summed E-state index contributed by atoms with van der Waals surface area (Å²) in [5, 5.41) is 0. The highest BCUT2D eigenvalue weighted by atomic mass is 16.6. The zero-order chi connectivity index (χ0) is 15.6. The van der Waals surface area contributed by atoms with Crippen molar-refractivity contribution in [1.29, 1.82) is 0 Å². The smallest absolute Gasteiger partial charge is 0.411 e. The van der Waals surface area contributed by atoms with E-state index in [1.54, 1.807) is 11.8 Å². The Kier molecular flexibility index (Phi) is 4.59. The van der Waals surface area contributed by atoms with Crippen LogP contribution >= 0.6 is 0 Å². The first kappa shape index (κ1) is 15.9. The van der Waals surface area contributed by atoms with Crippen molar-refractivity contribution in [2.24, 2.45) is 11.8 Å². The molecule has 0 aromatic heterocycles. The molecule has 21 heavy (non-hydrogen) atoms. The molecule has 0 spiro atoms. The van der Waals surface area contributed by atoms with Gasteiger partial charge in [0.2, 0.25) is 0 Å². The number of amides is 1. The van der Waals surface area contributed by atoms with Gasteiger partial charge in [-0.2, -0.15) is 0 Å². The van der Waals surface area contributed by atoms with Crippen molar-refractivity contribution in [2.75, 3.05) is 13.2 Å². The standard InChI is InChI=1S/C16H25NO4/c1-5-20-14(18)13-12-9-7-6-8-11(12)10-17(13)15(19)21-16(2,3)4/h6-7,11-13H,5,8-10H2,1-4H3/t11?,12-,13?/m0/s1. The molecule has 2 aliphatic rings. The quantitative estimate of drug-likeness (QED) is 0.580. The maximum absolute atomic E-state index is 12.4. The molecule has 0 bridgehead atoms. The highest BCUT2D eigenvalue weighted by Gasteiger charge is 2.49. The van der Waals surface area contributed by atoms with Crippen molar-refractivity contribution >= 4 is 12.1 Å². The Morgan fingerprint density at radius 1 is 1.24 bits per heavy atom. The number of esters is 1. The number of carbonyl (C=O) groups is 2. The second-order valence-electron chi connectivity index (χ2n) is 6.70. The lowest BCUT2D eigenvalue weighted by Crippen LogP contribution is -2.46. The molecule has 118 valence electrons. The number of hydrogen-bond donors (Lipinski definition) is 0. The Morgan fingerprint density at radius 3 is 2.52 bits per heavy atom. The second kappa shape index (κ2) is 6.08. The van der Waals surface area contributed by atoms with Crippen molar-refractivity contribution in [3.05, 3.63) is 12.2 Å². The number of nitrogens with zero attached hydrogens (tertiary/aromatic N) is 1. The van der Waals surface area contributed by atoms with Gasteiger partial charge in [0, 0.05) is 6.54 Å². The van der Waals surface area contributed by atoms with Crippen LogP contribution in [0.2, 0.25) is 0 Å². The molecule has 5 nitrogen and oxygen atoms in total. The van der Waals surface area contributed by atoms with Crippen LogP contribution in [-0.4, -0.2) is 41.8 Å². The van der Waals surface area contributed by atoms with E-state index in [0.717, 1.165) is 12.8 Å². The number of ether oxygens (including phenoxy) is 2. The molecule has 2 rings (SSSR count). The van der Waals surface area contributed by atoms with E-state index in [1.165, 1.54) is 0 Å². The summed E-state index contributed by atoms with van der Waals surface area (Å²) in [6, 6.07) is -0.519. The van der Waals surface area contributed by atoms with E-state index in [4.69, 9.17) is 9.47 Å². The third-order valence-electron chi connectivity index (χ3n) is 3.95. The van der Waals surface area contributed by atoms with E-state index in [9.17, 15) is 9.59 Å². The average molecular weight is 295 g/mol. The molecule has 1 aliphatic heterocycles. The van der Waals surface area contributed by atoms with Crippen LogP contribution in [0.1, 0.15) is 40.5 Å². The summed E-state index contributed by atoms with van der Waals surface area (Å²) in [5.74, 6) is 0.143. The molecule has 3 atom stereocenters. The fourth-order valence-corrected chi connectivity index (χ4v) is 3.12. The predicted molar refractivity (Wildman–Crippen MR) is 78.7 cm³/mol. The highest BCUT2D eigenvalue weighted by molar-refractivity contribution is 5.83. The zero-order valence-corrected chi connectivity index (χ0v) is 13.3. The Morgan fingerprint density at radius 2 is 1.90 bits per heavy atom. The van der Waals surface area contributed by atoms with Crippen LogP contribution in [-0.2, 0) is 14.3 Å². The molecule has 0 aromatic carbocycles. The van der Waals surface area contributed by atoms with E-state index in [0.29, 0.717) is 19.1 Å². The van der Waals surface area contributed by atoms with Gasteiger partial charge in [-0.15, -0.1) is 0 Å². The molecule has 1 fully saturated rings. The summed E-state index contributed by atoms with van der Waals surface area (Å²) in [6.07, 6.45) is 5.51. The fraction of sp³-hybridized carbons (Fsp3) is 0.750. The molecule has 2 unspecified atom stereocenters. The number of carbonyl (C=O) groups excluding carboxylic acids is 2. The van der Waals surface area contributed by atoms with Crippen molar-refractivity contribution in [1.82, 2.24) is 4.90 Å². The largest absolute Gasteiger partial charge is 0.464 e. The third-order valence-corrected chi connectivity index (χ3v) is 3.95.